The first-order valence-corrected chi connectivity index (χ1v) is 13.2. The molecule has 184 valence electrons. The minimum Gasteiger partial charge on any atom is -0.484 e. The fourth-order valence-corrected chi connectivity index (χ4v) is 4.07. The van der Waals surface area contributed by atoms with E-state index in [0.29, 0.717) is 18.7 Å². The summed E-state index contributed by atoms with van der Waals surface area (Å²) in [5.74, 6) is 0.169. The van der Waals surface area contributed by atoms with Gasteiger partial charge in [0, 0.05) is 28.0 Å². The van der Waals surface area contributed by atoms with Crippen LogP contribution in [0.5, 0.6) is 5.75 Å². The van der Waals surface area contributed by atoms with E-state index in [-0.39, 0.29) is 24.5 Å². The largest absolute Gasteiger partial charge is 0.484 e. The number of benzene rings is 3. The highest BCUT2D eigenvalue weighted by molar-refractivity contribution is 9.10. The zero-order chi connectivity index (χ0) is 25.2. The predicted octanol–water partition coefficient (Wildman–Crippen LogP) is 6.15. The van der Waals surface area contributed by atoms with Gasteiger partial charge in [-0.1, -0.05) is 81.2 Å². The summed E-state index contributed by atoms with van der Waals surface area (Å²) in [7, 11) is 0. The smallest absolute Gasteiger partial charge is 0.261 e. The van der Waals surface area contributed by atoms with Gasteiger partial charge in [-0.05, 0) is 60.9 Å². The molecular formula is C28H30Br2N2O3. The monoisotopic (exact) mass is 600 g/mol. The maximum atomic E-state index is 13.5. The van der Waals surface area contributed by atoms with E-state index in [1.54, 1.807) is 17.0 Å². The van der Waals surface area contributed by atoms with Crippen LogP contribution in [0, 0.1) is 0 Å². The van der Waals surface area contributed by atoms with Crippen LogP contribution < -0.4 is 10.1 Å². The molecule has 0 saturated heterocycles. The van der Waals surface area contributed by atoms with Crippen molar-refractivity contribution in [2.24, 2.45) is 0 Å². The Morgan fingerprint density at radius 1 is 0.886 bits per heavy atom. The van der Waals surface area contributed by atoms with E-state index in [9.17, 15) is 9.59 Å². The number of nitrogens with one attached hydrogen (secondary N) is 1. The minimum absolute atomic E-state index is 0.00409. The second-order valence-corrected chi connectivity index (χ2v) is 10.2. The number of halogens is 2. The molecule has 0 aromatic heterocycles. The number of ether oxygens (including phenoxy) is 1. The predicted molar refractivity (Wildman–Crippen MR) is 146 cm³/mol. The molecule has 3 aromatic carbocycles. The van der Waals surface area contributed by atoms with Crippen molar-refractivity contribution in [2.75, 3.05) is 6.61 Å². The Hall–Kier alpha value is -2.64. The standard InChI is InChI=1S/C28H30Br2N2O3/c1-3-20(2)31-28(34)26(17-21-7-5-4-6-8-21)32(18-22-9-11-23(29)12-10-22)27(33)19-35-25-15-13-24(30)14-16-25/h4-16,20,26H,3,17-19H2,1-2H3,(H,31,34)/t20-,26-/m1/s1. The first-order chi connectivity index (χ1) is 16.9. The molecule has 1 N–H and O–H groups in total. The maximum absolute atomic E-state index is 13.5. The molecule has 7 heteroatoms. The molecule has 0 aliphatic rings. The summed E-state index contributed by atoms with van der Waals surface area (Å²) in [6.07, 6.45) is 1.21. The van der Waals surface area contributed by atoms with Gasteiger partial charge in [-0.2, -0.15) is 0 Å². The Morgan fingerprint density at radius 3 is 2.09 bits per heavy atom. The lowest BCUT2D eigenvalue weighted by atomic mass is 10.0. The number of carbonyl (C=O) groups is 2. The van der Waals surface area contributed by atoms with E-state index in [1.165, 1.54) is 0 Å². The van der Waals surface area contributed by atoms with Crippen molar-refractivity contribution in [2.45, 2.75) is 45.3 Å². The molecule has 5 nitrogen and oxygen atoms in total. The van der Waals surface area contributed by atoms with Crippen LogP contribution in [0.4, 0.5) is 0 Å². The minimum atomic E-state index is -0.684. The van der Waals surface area contributed by atoms with Crippen LogP contribution in [-0.4, -0.2) is 35.4 Å². The average molecular weight is 602 g/mol. The Morgan fingerprint density at radius 2 is 1.49 bits per heavy atom. The van der Waals surface area contributed by atoms with Gasteiger partial charge >= 0.3 is 0 Å². The normalized spacial score (nSPS) is 12.5. The molecule has 3 rings (SSSR count). The van der Waals surface area contributed by atoms with E-state index in [2.05, 4.69) is 37.2 Å². The fraction of sp³-hybridized carbons (Fsp3) is 0.286. The van der Waals surface area contributed by atoms with Crippen LogP contribution in [0.1, 0.15) is 31.4 Å². The lowest BCUT2D eigenvalue weighted by molar-refractivity contribution is -0.143. The van der Waals surface area contributed by atoms with Gasteiger partial charge in [-0.25, -0.2) is 0 Å². The number of hydrogen-bond donors (Lipinski definition) is 1. The molecule has 0 spiro atoms. The Balaban J connectivity index is 1.89. The molecule has 0 bridgehead atoms. The molecule has 0 unspecified atom stereocenters. The van der Waals surface area contributed by atoms with Gasteiger partial charge < -0.3 is 15.0 Å². The van der Waals surface area contributed by atoms with Crippen LogP contribution in [0.2, 0.25) is 0 Å². The van der Waals surface area contributed by atoms with E-state index in [0.717, 1.165) is 26.5 Å². The Bertz CT molecular complexity index is 1090. The summed E-state index contributed by atoms with van der Waals surface area (Å²) in [5.41, 5.74) is 1.92. The molecule has 0 saturated carbocycles. The van der Waals surface area contributed by atoms with Crippen molar-refractivity contribution in [3.8, 4) is 5.75 Å². The van der Waals surface area contributed by atoms with Gasteiger partial charge in [0.25, 0.3) is 5.91 Å². The van der Waals surface area contributed by atoms with Gasteiger partial charge in [-0.15, -0.1) is 0 Å². The van der Waals surface area contributed by atoms with Crippen LogP contribution in [0.3, 0.4) is 0 Å². The van der Waals surface area contributed by atoms with Crippen molar-refractivity contribution in [1.29, 1.82) is 0 Å². The van der Waals surface area contributed by atoms with Crippen molar-refractivity contribution in [3.63, 3.8) is 0 Å². The van der Waals surface area contributed by atoms with E-state index >= 15 is 0 Å². The maximum Gasteiger partial charge on any atom is 0.261 e. The zero-order valence-electron chi connectivity index (χ0n) is 19.9. The van der Waals surface area contributed by atoms with E-state index in [1.807, 2.05) is 80.6 Å². The first-order valence-electron chi connectivity index (χ1n) is 11.6. The quantitative estimate of drug-likeness (QED) is 0.287. The summed E-state index contributed by atoms with van der Waals surface area (Å²) < 4.78 is 7.67. The number of nitrogens with zero attached hydrogens (tertiary/aromatic N) is 1. The summed E-state index contributed by atoms with van der Waals surface area (Å²) >= 11 is 6.86. The molecule has 0 heterocycles. The van der Waals surface area contributed by atoms with Crippen LogP contribution in [0.15, 0.2) is 87.8 Å². The van der Waals surface area contributed by atoms with Crippen molar-refractivity contribution < 1.29 is 14.3 Å². The highest BCUT2D eigenvalue weighted by atomic mass is 79.9. The molecular weight excluding hydrogens is 572 g/mol. The number of amides is 2. The highest BCUT2D eigenvalue weighted by Crippen LogP contribution is 2.19. The molecule has 3 aromatic rings. The van der Waals surface area contributed by atoms with E-state index < -0.39 is 6.04 Å². The third-order valence-corrected chi connectivity index (χ3v) is 6.77. The van der Waals surface area contributed by atoms with Gasteiger partial charge in [0.2, 0.25) is 5.91 Å². The second-order valence-electron chi connectivity index (χ2n) is 8.41. The van der Waals surface area contributed by atoms with Crippen molar-refractivity contribution in [1.82, 2.24) is 10.2 Å². The zero-order valence-corrected chi connectivity index (χ0v) is 23.1. The van der Waals surface area contributed by atoms with Crippen LogP contribution >= 0.6 is 31.9 Å². The average Bonchev–Trinajstić information content (AvgIpc) is 2.87. The van der Waals surface area contributed by atoms with Crippen molar-refractivity contribution >= 4 is 43.7 Å². The third-order valence-electron chi connectivity index (χ3n) is 5.71. The third kappa shape index (κ3) is 8.51. The van der Waals surface area contributed by atoms with Crippen LogP contribution in [0.25, 0.3) is 0 Å². The SMILES string of the molecule is CC[C@@H](C)NC(=O)[C@@H](Cc1ccccc1)N(Cc1ccc(Br)cc1)C(=O)COc1ccc(Br)cc1. The topological polar surface area (TPSA) is 58.6 Å². The lowest BCUT2D eigenvalue weighted by Crippen LogP contribution is -2.53. The molecule has 0 aliphatic carbocycles. The van der Waals surface area contributed by atoms with Gasteiger partial charge in [0.1, 0.15) is 11.8 Å². The summed E-state index contributed by atoms with van der Waals surface area (Å²) in [6, 6.07) is 24.2. The summed E-state index contributed by atoms with van der Waals surface area (Å²) in [6.45, 7) is 4.12. The van der Waals surface area contributed by atoms with Crippen molar-refractivity contribution in [3.05, 3.63) is 98.9 Å². The Kier molecular flexibility index (Phi) is 10.4. The lowest BCUT2D eigenvalue weighted by Gasteiger charge is -2.32. The number of hydrogen-bond acceptors (Lipinski definition) is 3. The Labute approximate surface area is 224 Å². The molecule has 0 aliphatic heterocycles. The molecule has 2 atom stereocenters. The first kappa shape index (κ1) is 27.0. The second kappa shape index (κ2) is 13.4. The van der Waals surface area contributed by atoms with Gasteiger partial charge in [0.05, 0.1) is 0 Å². The highest BCUT2D eigenvalue weighted by Gasteiger charge is 2.31. The molecule has 0 fully saturated rings. The number of rotatable bonds is 11. The van der Waals surface area contributed by atoms with Crippen LogP contribution in [-0.2, 0) is 22.6 Å². The fourth-order valence-electron chi connectivity index (χ4n) is 3.54. The van der Waals surface area contributed by atoms with Gasteiger partial charge in [-0.3, -0.25) is 9.59 Å². The molecule has 2 amide bonds. The summed E-state index contributed by atoms with van der Waals surface area (Å²) in [5, 5.41) is 3.07. The number of carbonyl (C=O) groups excluding carboxylic acids is 2. The van der Waals surface area contributed by atoms with Gasteiger partial charge in [0.15, 0.2) is 6.61 Å². The van der Waals surface area contributed by atoms with E-state index in [4.69, 9.17) is 4.74 Å². The summed E-state index contributed by atoms with van der Waals surface area (Å²) in [4.78, 5) is 28.6. The molecule has 35 heavy (non-hydrogen) atoms. The molecule has 0 radical (unpaired) electrons.